The van der Waals surface area contributed by atoms with E-state index in [1.54, 1.807) is 0 Å². The van der Waals surface area contributed by atoms with E-state index < -0.39 is 58.8 Å². The van der Waals surface area contributed by atoms with Crippen molar-refractivity contribution in [3.05, 3.63) is 12.7 Å². The highest BCUT2D eigenvalue weighted by atomic mass is 16.3. The van der Waals surface area contributed by atoms with Crippen LogP contribution in [0.3, 0.4) is 0 Å². The first-order chi connectivity index (χ1) is 20.0. The Hall–Kier alpha value is -3.48. The van der Waals surface area contributed by atoms with Gasteiger partial charge in [0, 0.05) is 32.5 Å². The highest BCUT2D eigenvalue weighted by Gasteiger charge is 2.41. The Morgan fingerprint density at radius 3 is 2.28 bits per heavy atom. The molecule has 242 valence electrons. The van der Waals surface area contributed by atoms with Crippen LogP contribution >= 0.6 is 0 Å². The second-order valence-electron chi connectivity index (χ2n) is 13.3. The zero-order valence-electron chi connectivity index (χ0n) is 26.5. The van der Waals surface area contributed by atoms with Crippen molar-refractivity contribution in [2.75, 3.05) is 26.2 Å². The molecule has 43 heavy (non-hydrogen) atoms. The van der Waals surface area contributed by atoms with Crippen LogP contribution in [-0.4, -0.2) is 101 Å². The van der Waals surface area contributed by atoms with E-state index in [2.05, 4.69) is 27.8 Å². The third-order valence-electron chi connectivity index (χ3n) is 7.85. The fraction of sp³-hybridized carbons (Fsp3) is 0.733. The molecule has 0 aliphatic carbocycles. The van der Waals surface area contributed by atoms with Crippen LogP contribution in [0.25, 0.3) is 0 Å². The predicted octanol–water partition coefficient (Wildman–Crippen LogP) is 0.815. The Kier molecular flexibility index (Phi) is 12.7. The lowest BCUT2D eigenvalue weighted by Crippen LogP contribution is -2.58. The molecule has 2 rings (SSSR count). The zero-order chi connectivity index (χ0) is 32.5. The van der Waals surface area contributed by atoms with Crippen molar-refractivity contribution in [2.45, 2.75) is 104 Å². The molecule has 0 bridgehead atoms. The molecular weight excluding hydrogens is 556 g/mol. The van der Waals surface area contributed by atoms with Crippen molar-refractivity contribution >= 4 is 35.6 Å². The molecule has 0 aromatic carbocycles. The number of urea groups is 1. The maximum absolute atomic E-state index is 13.1. The van der Waals surface area contributed by atoms with Gasteiger partial charge in [0.25, 0.3) is 5.91 Å². The number of likely N-dealkylation sites (tertiary alicyclic amines) is 2. The van der Waals surface area contributed by atoms with Gasteiger partial charge < -0.3 is 31.3 Å². The first-order valence-electron chi connectivity index (χ1n) is 15.0. The van der Waals surface area contributed by atoms with Crippen LogP contribution < -0.4 is 21.3 Å². The molecule has 0 aromatic heterocycles. The molecule has 2 saturated heterocycles. The van der Waals surface area contributed by atoms with Crippen LogP contribution in [-0.2, 0) is 24.0 Å². The lowest BCUT2D eigenvalue weighted by Gasteiger charge is -2.39. The number of aliphatic hydroxyl groups is 1. The quantitative estimate of drug-likeness (QED) is 0.152. The standard InChI is InChI=1S/C30H50N6O7/c1-8-11-19(25(40)27(42)31-13-9-2)33-26(41)20-12-10-14-35(20)24(39)17-32-28(43)34-21(29(3,4)5)18-36-22(37)15-30(6,7)16-23(36)38/h9,19-21,25,40H,2,8,10-18H2,1,3-7H3,(H,31,42)(H,33,41)(H2,32,34,43). The molecule has 0 aromatic rings. The topological polar surface area (TPSA) is 177 Å². The van der Waals surface area contributed by atoms with Gasteiger partial charge in [-0.1, -0.05) is 54.0 Å². The molecule has 4 unspecified atom stereocenters. The number of nitrogens with one attached hydrogen (secondary N) is 4. The number of carbonyl (C=O) groups excluding carboxylic acids is 6. The van der Waals surface area contributed by atoms with Crippen LogP contribution in [0, 0.1) is 10.8 Å². The molecule has 13 heteroatoms. The van der Waals surface area contributed by atoms with Crippen molar-refractivity contribution < 1.29 is 33.9 Å². The van der Waals surface area contributed by atoms with Crippen LogP contribution in [0.2, 0.25) is 0 Å². The highest BCUT2D eigenvalue weighted by molar-refractivity contribution is 5.98. The summed E-state index contributed by atoms with van der Waals surface area (Å²) in [5.74, 6) is -2.12. The summed E-state index contributed by atoms with van der Waals surface area (Å²) in [6.07, 6.45) is 2.45. The van der Waals surface area contributed by atoms with Gasteiger partial charge in [-0.2, -0.15) is 0 Å². The Balaban J connectivity index is 1.98. The number of imide groups is 1. The average Bonchev–Trinajstić information content (AvgIpc) is 3.40. The first kappa shape index (κ1) is 35.7. The van der Waals surface area contributed by atoms with Gasteiger partial charge in [0.05, 0.1) is 18.6 Å². The van der Waals surface area contributed by atoms with E-state index in [9.17, 15) is 33.9 Å². The van der Waals surface area contributed by atoms with E-state index in [0.717, 1.165) is 0 Å². The van der Waals surface area contributed by atoms with Gasteiger partial charge in [0.1, 0.15) is 6.04 Å². The minimum absolute atomic E-state index is 0.0172. The fourth-order valence-corrected chi connectivity index (χ4v) is 5.30. The SMILES string of the molecule is C=CCNC(=O)C(O)C(CCC)NC(=O)C1CCCN1C(=O)CNC(=O)NC(CN1C(=O)CC(C)(C)CC1=O)C(C)(C)C. The van der Waals surface area contributed by atoms with E-state index in [4.69, 9.17) is 0 Å². The monoisotopic (exact) mass is 606 g/mol. The van der Waals surface area contributed by atoms with Gasteiger partial charge in [-0.25, -0.2) is 4.79 Å². The maximum Gasteiger partial charge on any atom is 0.315 e. The van der Waals surface area contributed by atoms with E-state index >= 15 is 0 Å². The number of rotatable bonds is 13. The molecule has 13 nitrogen and oxygen atoms in total. The molecule has 2 aliphatic rings. The maximum atomic E-state index is 13.1. The van der Waals surface area contributed by atoms with Gasteiger partial charge >= 0.3 is 6.03 Å². The third-order valence-corrected chi connectivity index (χ3v) is 7.85. The minimum Gasteiger partial charge on any atom is -0.381 e. The summed E-state index contributed by atoms with van der Waals surface area (Å²) in [5, 5.41) is 21.1. The first-order valence-corrected chi connectivity index (χ1v) is 15.0. The van der Waals surface area contributed by atoms with Crippen LogP contribution in [0.4, 0.5) is 4.79 Å². The lowest BCUT2D eigenvalue weighted by molar-refractivity contribution is -0.153. The van der Waals surface area contributed by atoms with Crippen LogP contribution in [0.1, 0.15) is 80.1 Å². The average molecular weight is 607 g/mol. The summed E-state index contributed by atoms with van der Waals surface area (Å²) >= 11 is 0. The Bertz CT molecular complexity index is 1050. The molecule has 0 radical (unpaired) electrons. The van der Waals surface area contributed by atoms with Gasteiger partial charge in [-0.3, -0.25) is 28.9 Å². The normalized spacial score (nSPS) is 20.6. The highest BCUT2D eigenvalue weighted by Crippen LogP contribution is 2.32. The molecule has 0 spiro atoms. The number of nitrogens with zero attached hydrogens (tertiary/aromatic N) is 2. The number of piperidine rings is 1. The van der Waals surface area contributed by atoms with Crippen LogP contribution in [0.15, 0.2) is 12.7 Å². The summed E-state index contributed by atoms with van der Waals surface area (Å²) in [6.45, 7) is 14.9. The summed E-state index contributed by atoms with van der Waals surface area (Å²) in [5.41, 5.74) is -0.913. The molecular formula is C30H50N6O7. The van der Waals surface area contributed by atoms with E-state index in [1.165, 1.54) is 15.9 Å². The fourth-order valence-electron chi connectivity index (χ4n) is 5.30. The summed E-state index contributed by atoms with van der Waals surface area (Å²) < 4.78 is 0. The number of hydrogen-bond donors (Lipinski definition) is 5. The molecule has 2 aliphatic heterocycles. The van der Waals surface area contributed by atoms with E-state index in [-0.39, 0.29) is 44.3 Å². The van der Waals surface area contributed by atoms with Gasteiger partial charge in [-0.05, 0) is 30.1 Å². The Labute approximate surface area is 254 Å². The minimum atomic E-state index is -1.46. The summed E-state index contributed by atoms with van der Waals surface area (Å²) in [6, 6.07) is -2.85. The molecule has 0 saturated carbocycles. The van der Waals surface area contributed by atoms with Crippen molar-refractivity contribution in [1.29, 1.82) is 0 Å². The van der Waals surface area contributed by atoms with Crippen molar-refractivity contribution in [3.63, 3.8) is 0 Å². The smallest absolute Gasteiger partial charge is 0.315 e. The summed E-state index contributed by atoms with van der Waals surface area (Å²) in [4.78, 5) is 79.3. The largest absolute Gasteiger partial charge is 0.381 e. The number of carbonyl (C=O) groups is 6. The molecule has 4 atom stereocenters. The second-order valence-corrected chi connectivity index (χ2v) is 13.3. The van der Waals surface area contributed by atoms with Crippen molar-refractivity contribution in [3.8, 4) is 0 Å². The van der Waals surface area contributed by atoms with Crippen LogP contribution in [0.5, 0.6) is 0 Å². The van der Waals surface area contributed by atoms with Gasteiger partial charge in [0.2, 0.25) is 23.6 Å². The van der Waals surface area contributed by atoms with Gasteiger partial charge in [0.15, 0.2) is 6.10 Å². The molecule has 7 amide bonds. The number of aliphatic hydroxyl groups excluding tert-OH is 1. The molecule has 2 fully saturated rings. The number of hydrogen-bond acceptors (Lipinski definition) is 7. The third kappa shape index (κ3) is 10.3. The zero-order valence-corrected chi connectivity index (χ0v) is 26.5. The van der Waals surface area contributed by atoms with Crippen molar-refractivity contribution in [2.24, 2.45) is 10.8 Å². The Morgan fingerprint density at radius 1 is 1.09 bits per heavy atom. The van der Waals surface area contributed by atoms with E-state index in [0.29, 0.717) is 32.2 Å². The molecule has 2 heterocycles. The number of amides is 7. The van der Waals surface area contributed by atoms with Crippen molar-refractivity contribution in [1.82, 2.24) is 31.1 Å². The van der Waals surface area contributed by atoms with Gasteiger partial charge in [-0.15, -0.1) is 6.58 Å². The lowest BCUT2D eigenvalue weighted by atomic mass is 9.80. The molecule has 5 N–H and O–H groups in total. The predicted molar refractivity (Wildman–Crippen MR) is 160 cm³/mol. The Morgan fingerprint density at radius 2 is 1.72 bits per heavy atom. The second kappa shape index (κ2) is 15.3. The van der Waals surface area contributed by atoms with E-state index in [1.807, 2.05) is 41.5 Å². The summed E-state index contributed by atoms with van der Waals surface area (Å²) in [7, 11) is 0.